The summed E-state index contributed by atoms with van der Waals surface area (Å²) < 4.78 is 7.48. The fourth-order valence-electron chi connectivity index (χ4n) is 5.48. The Labute approximate surface area is 179 Å². The summed E-state index contributed by atoms with van der Waals surface area (Å²) in [5.41, 5.74) is 3.48. The van der Waals surface area contributed by atoms with Gasteiger partial charge in [0.25, 0.3) is 0 Å². The highest BCUT2D eigenvalue weighted by Crippen LogP contribution is 2.59. The minimum atomic E-state index is 0.576. The second kappa shape index (κ2) is 8.27. The average Bonchev–Trinajstić information content (AvgIpc) is 3.33. The van der Waals surface area contributed by atoms with E-state index in [1.54, 1.807) is 0 Å². The van der Waals surface area contributed by atoms with Crippen LogP contribution in [0.1, 0.15) is 37.8 Å². The Hall–Kier alpha value is -1.99. The van der Waals surface area contributed by atoms with Crippen molar-refractivity contribution in [2.75, 3.05) is 44.7 Å². The van der Waals surface area contributed by atoms with Crippen LogP contribution in [0.15, 0.2) is 18.3 Å². The Morgan fingerprint density at radius 3 is 2.77 bits per heavy atom. The van der Waals surface area contributed by atoms with E-state index in [0.717, 1.165) is 54.4 Å². The average molecular weight is 411 g/mol. The maximum Gasteiger partial charge on any atom is 0.148 e. The molecule has 162 valence electrons. The molecule has 5 rings (SSSR count). The Morgan fingerprint density at radius 2 is 2.10 bits per heavy atom. The lowest BCUT2D eigenvalue weighted by Crippen LogP contribution is -2.40. The molecule has 2 aromatic heterocycles. The summed E-state index contributed by atoms with van der Waals surface area (Å²) in [7, 11) is 1.93. The van der Waals surface area contributed by atoms with Gasteiger partial charge < -0.3 is 15.0 Å². The lowest BCUT2D eigenvalue weighted by Gasteiger charge is -2.36. The van der Waals surface area contributed by atoms with E-state index in [0.29, 0.717) is 5.41 Å². The molecule has 0 amide bonds. The summed E-state index contributed by atoms with van der Waals surface area (Å²) in [6.45, 7) is 8.69. The molecule has 2 atom stereocenters. The molecule has 0 radical (unpaired) electrons. The third kappa shape index (κ3) is 4.23. The maximum atomic E-state index is 5.66. The minimum Gasteiger partial charge on any atom is -0.381 e. The number of nitrogens with zero attached hydrogens (tertiary/aromatic N) is 5. The topological polar surface area (TPSA) is 68.1 Å². The van der Waals surface area contributed by atoms with Crippen LogP contribution in [-0.2, 0) is 11.8 Å². The summed E-state index contributed by atoms with van der Waals surface area (Å²) in [6.07, 6.45) is 8.63. The zero-order chi connectivity index (χ0) is 20.6. The van der Waals surface area contributed by atoms with Gasteiger partial charge in [-0.15, -0.1) is 10.2 Å². The number of aryl methyl sites for hydroxylation is 2. The van der Waals surface area contributed by atoms with Crippen LogP contribution in [0.25, 0.3) is 11.3 Å². The maximum absolute atomic E-state index is 5.66. The molecular weight excluding hydrogens is 376 g/mol. The Kier molecular flexibility index (Phi) is 5.50. The normalized spacial score (nSPS) is 26.1. The summed E-state index contributed by atoms with van der Waals surface area (Å²) in [5, 5.41) is 16.7. The van der Waals surface area contributed by atoms with Crippen molar-refractivity contribution in [3.05, 3.63) is 24.0 Å². The van der Waals surface area contributed by atoms with Gasteiger partial charge in [0.05, 0.1) is 18.0 Å². The fraction of sp³-hybridized carbons (Fsp3) is 0.696. The monoisotopic (exact) mass is 410 g/mol. The molecule has 3 fully saturated rings. The van der Waals surface area contributed by atoms with E-state index < -0.39 is 0 Å². The molecule has 3 aliphatic rings. The first-order valence-electron chi connectivity index (χ1n) is 11.5. The molecule has 4 heterocycles. The molecule has 0 bridgehead atoms. The number of ether oxygens (including phenoxy) is 1. The number of rotatable bonds is 6. The van der Waals surface area contributed by atoms with Gasteiger partial charge in [-0.3, -0.25) is 4.68 Å². The minimum absolute atomic E-state index is 0.576. The molecule has 7 heteroatoms. The SMILES string of the molecule is Cc1nn(C)cc1-c1ccc(NCC2CC23CCN(CC2CCCOC2)CC3)nn1. The van der Waals surface area contributed by atoms with Crippen molar-refractivity contribution >= 4 is 5.82 Å². The van der Waals surface area contributed by atoms with Crippen LogP contribution >= 0.6 is 0 Å². The van der Waals surface area contributed by atoms with Crippen molar-refractivity contribution in [2.24, 2.45) is 24.3 Å². The Balaban J connectivity index is 1.08. The van der Waals surface area contributed by atoms with Gasteiger partial charge >= 0.3 is 0 Å². The lowest BCUT2D eigenvalue weighted by molar-refractivity contribution is 0.0309. The van der Waals surface area contributed by atoms with Crippen LogP contribution in [0, 0.1) is 24.2 Å². The van der Waals surface area contributed by atoms with E-state index in [1.807, 2.05) is 37.0 Å². The number of piperidine rings is 1. The number of anilines is 1. The lowest BCUT2D eigenvalue weighted by atomic mass is 9.90. The van der Waals surface area contributed by atoms with Gasteiger partial charge in [-0.05, 0) is 81.5 Å². The number of aromatic nitrogens is 4. The summed E-state index contributed by atoms with van der Waals surface area (Å²) >= 11 is 0. The first-order chi connectivity index (χ1) is 14.6. The molecule has 1 aliphatic carbocycles. The highest BCUT2D eigenvalue weighted by atomic mass is 16.5. The zero-order valence-electron chi connectivity index (χ0n) is 18.3. The molecule has 30 heavy (non-hydrogen) atoms. The quantitative estimate of drug-likeness (QED) is 0.789. The van der Waals surface area contributed by atoms with Gasteiger partial charge in [0.1, 0.15) is 5.82 Å². The first-order valence-corrected chi connectivity index (χ1v) is 11.5. The van der Waals surface area contributed by atoms with Crippen molar-refractivity contribution in [2.45, 2.75) is 39.0 Å². The summed E-state index contributed by atoms with van der Waals surface area (Å²) in [6, 6.07) is 4.08. The molecule has 1 spiro atoms. The number of hydrogen-bond donors (Lipinski definition) is 1. The van der Waals surface area contributed by atoms with Gasteiger partial charge in [-0.1, -0.05) is 0 Å². The summed E-state index contributed by atoms with van der Waals surface area (Å²) in [4.78, 5) is 2.68. The number of hydrogen-bond acceptors (Lipinski definition) is 6. The third-order valence-corrected chi connectivity index (χ3v) is 7.47. The van der Waals surface area contributed by atoms with Crippen molar-refractivity contribution in [1.82, 2.24) is 24.9 Å². The molecule has 2 saturated heterocycles. The third-order valence-electron chi connectivity index (χ3n) is 7.47. The van der Waals surface area contributed by atoms with E-state index in [4.69, 9.17) is 4.74 Å². The van der Waals surface area contributed by atoms with Crippen LogP contribution in [0.2, 0.25) is 0 Å². The highest BCUT2D eigenvalue weighted by Gasteiger charge is 2.54. The highest BCUT2D eigenvalue weighted by molar-refractivity contribution is 5.61. The second-order valence-corrected chi connectivity index (χ2v) is 9.63. The predicted octanol–water partition coefficient (Wildman–Crippen LogP) is 3.13. The van der Waals surface area contributed by atoms with Gasteiger partial charge in [0, 0.05) is 38.5 Å². The van der Waals surface area contributed by atoms with Crippen LogP contribution in [0.4, 0.5) is 5.82 Å². The van der Waals surface area contributed by atoms with Crippen LogP contribution < -0.4 is 5.32 Å². The van der Waals surface area contributed by atoms with Crippen molar-refractivity contribution in [3.8, 4) is 11.3 Å². The zero-order valence-corrected chi connectivity index (χ0v) is 18.3. The van der Waals surface area contributed by atoms with Crippen LogP contribution in [-0.4, -0.2) is 64.3 Å². The van der Waals surface area contributed by atoms with Crippen LogP contribution in [0.5, 0.6) is 0 Å². The molecular formula is C23H34N6O. The summed E-state index contributed by atoms with van der Waals surface area (Å²) in [5.74, 6) is 2.40. The molecule has 1 N–H and O–H groups in total. The predicted molar refractivity (Wildman–Crippen MR) is 117 cm³/mol. The van der Waals surface area contributed by atoms with Crippen molar-refractivity contribution in [1.29, 1.82) is 0 Å². The van der Waals surface area contributed by atoms with E-state index >= 15 is 0 Å². The van der Waals surface area contributed by atoms with Gasteiger partial charge in [-0.2, -0.15) is 5.10 Å². The van der Waals surface area contributed by atoms with Crippen molar-refractivity contribution < 1.29 is 4.74 Å². The molecule has 1 saturated carbocycles. The van der Waals surface area contributed by atoms with Gasteiger partial charge in [0.15, 0.2) is 0 Å². The Bertz CT molecular complexity index is 849. The van der Waals surface area contributed by atoms with E-state index in [1.165, 1.54) is 51.7 Å². The van der Waals surface area contributed by atoms with Gasteiger partial charge in [0.2, 0.25) is 0 Å². The Morgan fingerprint density at radius 1 is 1.23 bits per heavy atom. The van der Waals surface area contributed by atoms with E-state index in [9.17, 15) is 0 Å². The van der Waals surface area contributed by atoms with E-state index in [-0.39, 0.29) is 0 Å². The number of likely N-dealkylation sites (tertiary alicyclic amines) is 1. The fourth-order valence-corrected chi connectivity index (χ4v) is 5.48. The first kappa shape index (κ1) is 19.9. The van der Waals surface area contributed by atoms with Gasteiger partial charge in [-0.25, -0.2) is 0 Å². The molecule has 7 nitrogen and oxygen atoms in total. The van der Waals surface area contributed by atoms with Crippen molar-refractivity contribution in [3.63, 3.8) is 0 Å². The second-order valence-electron chi connectivity index (χ2n) is 9.63. The molecule has 0 aromatic carbocycles. The smallest absolute Gasteiger partial charge is 0.148 e. The van der Waals surface area contributed by atoms with Crippen LogP contribution in [0.3, 0.4) is 0 Å². The molecule has 2 unspecified atom stereocenters. The van der Waals surface area contributed by atoms with E-state index in [2.05, 4.69) is 25.5 Å². The standard InChI is InChI=1S/C23H34N6O/c1-17-20(15-28(2)27-17)21-5-6-22(26-25-21)24-13-19-12-23(19)7-9-29(10-8-23)14-18-4-3-11-30-16-18/h5-6,15,18-19H,3-4,7-14,16H2,1-2H3,(H,24,26). The number of nitrogens with one attached hydrogen (secondary N) is 1. The molecule has 2 aliphatic heterocycles. The largest absolute Gasteiger partial charge is 0.381 e. The molecule has 2 aromatic rings.